The highest BCUT2D eigenvalue weighted by Crippen LogP contribution is 2.21. The predicted molar refractivity (Wildman–Crippen MR) is 61.2 cm³/mol. The van der Waals surface area contributed by atoms with Crippen LogP contribution in [-0.4, -0.2) is 37.2 Å². The Labute approximate surface area is 95.6 Å². The highest BCUT2D eigenvalue weighted by molar-refractivity contribution is 6.05. The summed E-state index contributed by atoms with van der Waals surface area (Å²) < 4.78 is 5.39. The molecule has 0 bridgehead atoms. The molecule has 0 aliphatic carbocycles. The molecule has 2 aliphatic rings. The summed E-state index contributed by atoms with van der Waals surface area (Å²) in [5, 5.41) is 5.90. The van der Waals surface area contributed by atoms with Crippen LogP contribution in [0.3, 0.4) is 0 Å². The highest BCUT2D eigenvalue weighted by atomic mass is 16.5. The number of ether oxygens (including phenoxy) is 1. The van der Waals surface area contributed by atoms with Gasteiger partial charge in [0.1, 0.15) is 6.04 Å². The topological polar surface area (TPSA) is 62.7 Å². The Morgan fingerprint density at radius 1 is 1.56 bits per heavy atom. The first-order valence-corrected chi connectivity index (χ1v) is 5.90. The van der Waals surface area contributed by atoms with Crippen molar-refractivity contribution in [3.05, 3.63) is 0 Å². The van der Waals surface area contributed by atoms with Crippen molar-refractivity contribution in [2.75, 3.05) is 13.2 Å². The smallest absolute Gasteiger partial charge is 0.251 e. The average molecular weight is 225 g/mol. The summed E-state index contributed by atoms with van der Waals surface area (Å²) in [4.78, 5) is 16.1. The number of amides is 1. The second kappa shape index (κ2) is 4.82. The largest absolute Gasteiger partial charge is 0.381 e. The van der Waals surface area contributed by atoms with Crippen LogP contribution >= 0.6 is 0 Å². The summed E-state index contributed by atoms with van der Waals surface area (Å²) in [6, 6.07) is 0.0157. The summed E-state index contributed by atoms with van der Waals surface area (Å²) in [6.07, 6.45) is 2.05. The molecule has 5 nitrogen and oxygen atoms in total. The van der Waals surface area contributed by atoms with Crippen molar-refractivity contribution in [2.24, 2.45) is 10.9 Å². The van der Waals surface area contributed by atoms with E-state index >= 15 is 0 Å². The molecule has 1 amide bonds. The van der Waals surface area contributed by atoms with Gasteiger partial charge in [-0.15, -0.1) is 0 Å². The molecule has 0 aromatic rings. The van der Waals surface area contributed by atoms with Gasteiger partial charge in [0.2, 0.25) is 0 Å². The fourth-order valence-electron chi connectivity index (χ4n) is 2.10. The zero-order valence-corrected chi connectivity index (χ0v) is 9.82. The van der Waals surface area contributed by atoms with Crippen molar-refractivity contribution < 1.29 is 9.53 Å². The van der Waals surface area contributed by atoms with Gasteiger partial charge < -0.3 is 10.1 Å². The number of guanidine groups is 1. The van der Waals surface area contributed by atoms with Crippen LogP contribution in [0.25, 0.3) is 0 Å². The SMILES string of the molecule is CC(C)NC1=NC(C2CCCOC2)C(=O)N1. The van der Waals surface area contributed by atoms with E-state index in [0.717, 1.165) is 19.4 Å². The number of aliphatic imine (C=N–C) groups is 1. The van der Waals surface area contributed by atoms with E-state index in [1.54, 1.807) is 0 Å². The van der Waals surface area contributed by atoms with Crippen molar-refractivity contribution in [2.45, 2.75) is 38.8 Å². The van der Waals surface area contributed by atoms with E-state index in [2.05, 4.69) is 15.6 Å². The third-order valence-electron chi connectivity index (χ3n) is 2.85. The van der Waals surface area contributed by atoms with Gasteiger partial charge in [-0.05, 0) is 26.7 Å². The van der Waals surface area contributed by atoms with Crippen LogP contribution in [0.5, 0.6) is 0 Å². The van der Waals surface area contributed by atoms with Crippen molar-refractivity contribution in [1.29, 1.82) is 0 Å². The van der Waals surface area contributed by atoms with Gasteiger partial charge in [-0.1, -0.05) is 0 Å². The number of nitrogens with one attached hydrogen (secondary N) is 2. The molecule has 0 aromatic carbocycles. The number of carbonyl (C=O) groups excluding carboxylic acids is 1. The maximum absolute atomic E-state index is 11.7. The number of nitrogens with zero attached hydrogens (tertiary/aromatic N) is 1. The monoisotopic (exact) mass is 225 g/mol. The standard InChI is InChI=1S/C11H19N3O2/c1-7(2)12-11-13-9(10(15)14-11)8-4-3-5-16-6-8/h7-9H,3-6H2,1-2H3,(H2,12,13,14,15). The Morgan fingerprint density at radius 3 is 3.00 bits per heavy atom. The maximum atomic E-state index is 11.7. The van der Waals surface area contributed by atoms with Crippen LogP contribution in [0, 0.1) is 5.92 Å². The average Bonchev–Trinajstić information content (AvgIpc) is 2.60. The van der Waals surface area contributed by atoms with E-state index < -0.39 is 0 Å². The summed E-state index contributed by atoms with van der Waals surface area (Å²) in [5.41, 5.74) is 0. The lowest BCUT2D eigenvalue weighted by Gasteiger charge is -2.23. The minimum atomic E-state index is -0.262. The minimum Gasteiger partial charge on any atom is -0.381 e. The van der Waals surface area contributed by atoms with Crippen LogP contribution < -0.4 is 10.6 Å². The van der Waals surface area contributed by atoms with Crippen molar-refractivity contribution >= 4 is 11.9 Å². The van der Waals surface area contributed by atoms with E-state index in [9.17, 15) is 4.79 Å². The van der Waals surface area contributed by atoms with Crippen molar-refractivity contribution in [3.63, 3.8) is 0 Å². The second-order valence-electron chi connectivity index (χ2n) is 4.69. The molecule has 2 rings (SSSR count). The molecule has 0 spiro atoms. The van der Waals surface area contributed by atoms with Crippen molar-refractivity contribution in [1.82, 2.24) is 10.6 Å². The number of carbonyl (C=O) groups is 1. The molecular formula is C11H19N3O2. The summed E-state index contributed by atoms with van der Waals surface area (Å²) in [5.74, 6) is 0.842. The molecule has 0 radical (unpaired) electrons. The van der Waals surface area contributed by atoms with Gasteiger partial charge in [0, 0.05) is 18.6 Å². The van der Waals surface area contributed by atoms with Gasteiger partial charge in [0.15, 0.2) is 5.96 Å². The van der Waals surface area contributed by atoms with Crippen LogP contribution in [0.1, 0.15) is 26.7 Å². The molecule has 90 valence electrons. The number of hydrogen-bond donors (Lipinski definition) is 2. The lowest BCUT2D eigenvalue weighted by molar-refractivity contribution is -0.122. The lowest BCUT2D eigenvalue weighted by Crippen LogP contribution is -2.41. The fraction of sp³-hybridized carbons (Fsp3) is 0.818. The zero-order valence-electron chi connectivity index (χ0n) is 9.82. The Morgan fingerprint density at radius 2 is 2.38 bits per heavy atom. The first-order chi connectivity index (χ1) is 7.66. The Balaban J connectivity index is 1.98. The summed E-state index contributed by atoms with van der Waals surface area (Å²) >= 11 is 0. The molecule has 0 aromatic heterocycles. The van der Waals surface area contributed by atoms with Crippen LogP contribution in [0.4, 0.5) is 0 Å². The summed E-state index contributed by atoms with van der Waals surface area (Å²) in [7, 11) is 0. The molecule has 2 heterocycles. The summed E-state index contributed by atoms with van der Waals surface area (Å²) in [6.45, 7) is 5.50. The van der Waals surface area contributed by atoms with E-state index in [1.165, 1.54) is 0 Å². The highest BCUT2D eigenvalue weighted by Gasteiger charge is 2.34. The first kappa shape index (κ1) is 11.4. The number of rotatable bonds is 2. The molecule has 2 aliphatic heterocycles. The molecule has 0 saturated carbocycles. The normalized spacial score (nSPS) is 30.2. The predicted octanol–water partition coefficient (Wildman–Crippen LogP) is 0.265. The van der Waals surface area contributed by atoms with E-state index in [4.69, 9.17) is 4.74 Å². The second-order valence-corrected chi connectivity index (χ2v) is 4.69. The molecule has 5 heteroatoms. The molecule has 2 atom stereocenters. The van der Waals surface area contributed by atoms with Crippen LogP contribution in [-0.2, 0) is 9.53 Å². The third-order valence-corrected chi connectivity index (χ3v) is 2.85. The van der Waals surface area contributed by atoms with Crippen molar-refractivity contribution in [3.8, 4) is 0 Å². The quantitative estimate of drug-likeness (QED) is 0.709. The Kier molecular flexibility index (Phi) is 3.43. The minimum absolute atomic E-state index is 0.00125. The molecular weight excluding hydrogens is 206 g/mol. The first-order valence-electron chi connectivity index (χ1n) is 5.90. The third kappa shape index (κ3) is 2.52. The van der Waals surface area contributed by atoms with Gasteiger partial charge in [0.05, 0.1) is 6.61 Å². The lowest BCUT2D eigenvalue weighted by atomic mass is 9.94. The van der Waals surface area contributed by atoms with E-state index in [0.29, 0.717) is 12.6 Å². The van der Waals surface area contributed by atoms with Crippen LogP contribution in [0.15, 0.2) is 4.99 Å². The molecule has 1 saturated heterocycles. The molecule has 2 unspecified atom stereocenters. The molecule has 2 N–H and O–H groups in total. The van der Waals surface area contributed by atoms with Gasteiger partial charge in [-0.2, -0.15) is 0 Å². The maximum Gasteiger partial charge on any atom is 0.251 e. The zero-order chi connectivity index (χ0) is 11.5. The van der Waals surface area contributed by atoms with Gasteiger partial charge in [-0.25, -0.2) is 4.99 Å². The van der Waals surface area contributed by atoms with E-state index in [1.807, 2.05) is 13.8 Å². The van der Waals surface area contributed by atoms with Gasteiger partial charge in [-0.3, -0.25) is 10.1 Å². The Bertz CT molecular complexity index is 296. The fourth-order valence-corrected chi connectivity index (χ4v) is 2.10. The number of hydrogen-bond acceptors (Lipinski definition) is 4. The van der Waals surface area contributed by atoms with Gasteiger partial charge in [0.25, 0.3) is 5.91 Å². The van der Waals surface area contributed by atoms with E-state index in [-0.39, 0.29) is 23.9 Å². The van der Waals surface area contributed by atoms with Crippen LogP contribution in [0.2, 0.25) is 0 Å². The van der Waals surface area contributed by atoms with Gasteiger partial charge >= 0.3 is 0 Å². The molecule has 16 heavy (non-hydrogen) atoms. The molecule has 1 fully saturated rings. The Hall–Kier alpha value is -1.10.